The summed E-state index contributed by atoms with van der Waals surface area (Å²) < 4.78 is 6.47. The third-order valence-corrected chi connectivity index (χ3v) is 13.6. The van der Waals surface area contributed by atoms with Crippen LogP contribution in [0, 0.1) is 0 Å². The van der Waals surface area contributed by atoms with Crippen molar-refractivity contribution in [3.05, 3.63) is 263 Å². The fourth-order valence-corrected chi connectivity index (χ4v) is 9.77. The van der Waals surface area contributed by atoms with Crippen molar-refractivity contribution < 1.29 is 4.74 Å². The Morgan fingerprint density at radius 2 is 0.908 bits per heavy atom. The van der Waals surface area contributed by atoms with Gasteiger partial charge in [-0.3, -0.25) is 0 Å². The Bertz CT molecular complexity index is 2930. The standard InChI is InChI=1S/C63H55NO/c1-5-45(4)48-22-20-46(21-23-48)43-65-58-39-32-54(33-40-58)63(53-30-24-47(25-31-53)44(2)3)61-19-13-12-18-59(61)60-41-38-57(42-62(60)63)64(55-34-26-51(27-35-55)49-14-8-6-9-15-49)56-36-28-52(29-37-56)50-16-10-7-11-17-50/h6-42,44-45H,5,43H2,1-4H3. The van der Waals surface area contributed by atoms with E-state index in [0.717, 1.165) is 29.2 Å². The number of nitrogens with zero attached hydrogens (tertiary/aromatic N) is 1. The van der Waals surface area contributed by atoms with Gasteiger partial charge in [-0.2, -0.15) is 0 Å². The van der Waals surface area contributed by atoms with Crippen molar-refractivity contribution in [1.82, 2.24) is 0 Å². The molecule has 0 spiro atoms. The highest BCUT2D eigenvalue weighted by atomic mass is 16.5. The molecule has 2 nitrogen and oxygen atoms in total. The van der Waals surface area contributed by atoms with Crippen LogP contribution in [0.4, 0.5) is 17.1 Å². The molecular weight excluding hydrogens is 787 g/mol. The third kappa shape index (κ3) is 7.95. The van der Waals surface area contributed by atoms with Crippen molar-refractivity contribution in [2.24, 2.45) is 0 Å². The van der Waals surface area contributed by atoms with E-state index in [0.29, 0.717) is 18.4 Å². The second kappa shape index (κ2) is 18.0. The highest BCUT2D eigenvalue weighted by molar-refractivity contribution is 5.90. The lowest BCUT2D eigenvalue weighted by atomic mass is 9.67. The molecule has 2 unspecified atom stereocenters. The summed E-state index contributed by atoms with van der Waals surface area (Å²) in [6, 6.07) is 82.5. The maximum atomic E-state index is 6.47. The smallest absolute Gasteiger partial charge is 0.119 e. The van der Waals surface area contributed by atoms with Crippen LogP contribution in [0.1, 0.15) is 84.9 Å². The van der Waals surface area contributed by atoms with E-state index in [2.05, 4.69) is 257 Å². The van der Waals surface area contributed by atoms with Gasteiger partial charge in [-0.05, 0) is 139 Å². The normalized spacial score (nSPS) is 14.4. The fraction of sp³-hybridized carbons (Fsp3) is 0.143. The summed E-state index contributed by atoms with van der Waals surface area (Å²) in [5.74, 6) is 1.83. The molecule has 2 atom stereocenters. The Morgan fingerprint density at radius 3 is 1.46 bits per heavy atom. The summed E-state index contributed by atoms with van der Waals surface area (Å²) in [6.45, 7) is 9.58. The molecule has 1 aliphatic carbocycles. The van der Waals surface area contributed by atoms with Crippen LogP contribution in [0.25, 0.3) is 33.4 Å². The largest absolute Gasteiger partial charge is 0.489 e. The molecular formula is C63H55NO. The Kier molecular flexibility index (Phi) is 11.5. The average Bonchev–Trinajstić information content (AvgIpc) is 3.67. The SMILES string of the molecule is CCC(C)c1ccc(COc2ccc(C3(c4ccc(C(C)C)cc4)c4ccccc4-c4ccc(N(c5ccc(-c6ccccc6)cc5)c5ccc(-c6ccccc6)cc5)cc43)cc2)cc1. The molecule has 0 N–H and O–H groups in total. The molecule has 0 radical (unpaired) electrons. The lowest BCUT2D eigenvalue weighted by molar-refractivity contribution is 0.306. The predicted octanol–water partition coefficient (Wildman–Crippen LogP) is 17.1. The first kappa shape index (κ1) is 41.6. The minimum absolute atomic E-state index is 0.424. The van der Waals surface area contributed by atoms with Crippen molar-refractivity contribution in [2.45, 2.75) is 58.0 Å². The lowest BCUT2D eigenvalue weighted by Gasteiger charge is -2.35. The van der Waals surface area contributed by atoms with Gasteiger partial charge in [0, 0.05) is 17.1 Å². The molecule has 0 aromatic heterocycles. The van der Waals surface area contributed by atoms with E-state index in [1.165, 1.54) is 72.3 Å². The topological polar surface area (TPSA) is 12.5 Å². The Balaban J connectivity index is 1.11. The summed E-state index contributed by atoms with van der Waals surface area (Å²) in [5.41, 5.74) is 18.8. The van der Waals surface area contributed by atoms with Gasteiger partial charge in [0.1, 0.15) is 12.4 Å². The van der Waals surface area contributed by atoms with Gasteiger partial charge in [-0.25, -0.2) is 0 Å². The highest BCUT2D eigenvalue weighted by Crippen LogP contribution is 2.57. The first-order chi connectivity index (χ1) is 31.9. The van der Waals surface area contributed by atoms with E-state index in [9.17, 15) is 0 Å². The van der Waals surface area contributed by atoms with E-state index in [1.54, 1.807) is 0 Å². The monoisotopic (exact) mass is 841 g/mol. The molecule has 0 heterocycles. The minimum Gasteiger partial charge on any atom is -0.489 e. The predicted molar refractivity (Wildman–Crippen MR) is 273 cm³/mol. The van der Waals surface area contributed by atoms with Gasteiger partial charge in [-0.1, -0.05) is 204 Å². The molecule has 0 amide bonds. The summed E-state index contributed by atoms with van der Waals surface area (Å²) >= 11 is 0. The van der Waals surface area contributed by atoms with Crippen LogP contribution in [-0.4, -0.2) is 0 Å². The molecule has 0 saturated carbocycles. The van der Waals surface area contributed by atoms with Crippen LogP contribution in [0.5, 0.6) is 5.75 Å². The van der Waals surface area contributed by atoms with Gasteiger partial charge in [0.15, 0.2) is 0 Å². The first-order valence-electron chi connectivity index (χ1n) is 23.2. The van der Waals surface area contributed by atoms with Crippen molar-refractivity contribution in [2.75, 3.05) is 4.90 Å². The zero-order chi connectivity index (χ0) is 44.3. The van der Waals surface area contributed by atoms with Gasteiger partial charge in [-0.15, -0.1) is 0 Å². The molecule has 10 rings (SSSR count). The Hall–Kier alpha value is -7.42. The van der Waals surface area contributed by atoms with Crippen LogP contribution in [-0.2, 0) is 12.0 Å². The second-order valence-corrected chi connectivity index (χ2v) is 17.8. The van der Waals surface area contributed by atoms with Crippen molar-refractivity contribution in [3.8, 4) is 39.1 Å². The van der Waals surface area contributed by atoms with Crippen molar-refractivity contribution >= 4 is 17.1 Å². The zero-order valence-corrected chi connectivity index (χ0v) is 37.8. The maximum absolute atomic E-state index is 6.47. The molecule has 0 fully saturated rings. The van der Waals surface area contributed by atoms with Gasteiger partial charge < -0.3 is 9.64 Å². The number of fused-ring (bicyclic) bond motifs is 3. The molecule has 1 aliphatic rings. The van der Waals surface area contributed by atoms with Crippen molar-refractivity contribution in [3.63, 3.8) is 0 Å². The number of benzene rings is 9. The van der Waals surface area contributed by atoms with E-state index in [-0.39, 0.29) is 0 Å². The van der Waals surface area contributed by atoms with Crippen LogP contribution in [0.3, 0.4) is 0 Å². The average molecular weight is 842 g/mol. The minimum atomic E-state index is -0.595. The van der Waals surface area contributed by atoms with E-state index in [1.807, 2.05) is 0 Å². The van der Waals surface area contributed by atoms with Crippen molar-refractivity contribution in [1.29, 1.82) is 0 Å². The number of hydrogen-bond donors (Lipinski definition) is 0. The molecule has 2 heteroatoms. The van der Waals surface area contributed by atoms with E-state index < -0.39 is 5.41 Å². The molecule has 9 aromatic carbocycles. The van der Waals surface area contributed by atoms with E-state index >= 15 is 0 Å². The Morgan fingerprint density at radius 1 is 0.431 bits per heavy atom. The van der Waals surface area contributed by atoms with Gasteiger partial charge in [0.2, 0.25) is 0 Å². The van der Waals surface area contributed by atoms with Crippen LogP contribution in [0.2, 0.25) is 0 Å². The number of hydrogen-bond acceptors (Lipinski definition) is 2. The number of ether oxygens (including phenoxy) is 1. The van der Waals surface area contributed by atoms with E-state index in [4.69, 9.17) is 4.74 Å². The summed E-state index contributed by atoms with van der Waals surface area (Å²) in [5, 5.41) is 0. The molecule has 318 valence electrons. The maximum Gasteiger partial charge on any atom is 0.119 e. The lowest BCUT2D eigenvalue weighted by Crippen LogP contribution is -2.29. The van der Waals surface area contributed by atoms with Gasteiger partial charge in [0.05, 0.1) is 5.41 Å². The molecule has 0 aliphatic heterocycles. The quantitative estimate of drug-likeness (QED) is 0.115. The highest BCUT2D eigenvalue weighted by Gasteiger charge is 2.46. The fourth-order valence-electron chi connectivity index (χ4n) is 9.77. The first-order valence-corrected chi connectivity index (χ1v) is 23.2. The molecule has 9 aromatic rings. The number of rotatable bonds is 13. The third-order valence-electron chi connectivity index (χ3n) is 13.6. The van der Waals surface area contributed by atoms with Gasteiger partial charge >= 0.3 is 0 Å². The van der Waals surface area contributed by atoms with Gasteiger partial charge in [0.25, 0.3) is 0 Å². The van der Waals surface area contributed by atoms with Crippen LogP contribution >= 0.6 is 0 Å². The Labute approximate surface area is 385 Å². The summed E-state index contributed by atoms with van der Waals surface area (Å²) in [6.07, 6.45) is 1.13. The summed E-state index contributed by atoms with van der Waals surface area (Å²) in [7, 11) is 0. The molecule has 65 heavy (non-hydrogen) atoms. The van der Waals surface area contributed by atoms with Crippen LogP contribution in [0.15, 0.2) is 224 Å². The molecule has 0 bridgehead atoms. The van der Waals surface area contributed by atoms with Crippen LogP contribution < -0.4 is 9.64 Å². The molecule has 0 saturated heterocycles. The zero-order valence-electron chi connectivity index (χ0n) is 37.8. The number of anilines is 3. The summed E-state index contributed by atoms with van der Waals surface area (Å²) in [4.78, 5) is 2.41. The second-order valence-electron chi connectivity index (χ2n) is 17.8.